The lowest BCUT2D eigenvalue weighted by atomic mass is 10.0. The van der Waals surface area contributed by atoms with Gasteiger partial charge in [0.25, 0.3) is 0 Å². The van der Waals surface area contributed by atoms with E-state index in [-0.39, 0.29) is 17.7 Å². The molecule has 2 aromatic heterocycles. The fourth-order valence-electron chi connectivity index (χ4n) is 2.80. The summed E-state index contributed by atoms with van der Waals surface area (Å²) in [6, 6.07) is 15.2. The van der Waals surface area contributed by atoms with Crippen molar-refractivity contribution in [2.45, 2.75) is 12.5 Å². The molecule has 0 saturated heterocycles. The molecule has 3 heterocycles. The monoisotopic (exact) mass is 478 g/mol. The lowest BCUT2D eigenvalue weighted by Crippen LogP contribution is -2.26. The van der Waals surface area contributed by atoms with Crippen molar-refractivity contribution in [2.24, 2.45) is 5.10 Å². The molecule has 0 aliphatic carbocycles. The normalized spacial score (nSPS) is 17.0. The number of hydrazone groups is 1. The highest BCUT2D eigenvalue weighted by atomic mass is 79.9. The van der Waals surface area contributed by atoms with Crippen molar-refractivity contribution < 1.29 is 9.21 Å². The predicted octanol–water partition coefficient (Wildman–Crippen LogP) is 5.86. The molecule has 1 amide bonds. The number of rotatable bonds is 3. The van der Waals surface area contributed by atoms with Crippen LogP contribution in [0.2, 0.25) is 0 Å². The zero-order valence-corrected chi connectivity index (χ0v) is 16.8. The van der Waals surface area contributed by atoms with Crippen LogP contribution in [0.1, 0.15) is 33.5 Å². The van der Waals surface area contributed by atoms with Gasteiger partial charge in [-0.1, -0.05) is 34.1 Å². The molecule has 0 N–H and O–H groups in total. The van der Waals surface area contributed by atoms with Crippen LogP contribution < -0.4 is 0 Å². The van der Waals surface area contributed by atoms with Gasteiger partial charge in [-0.3, -0.25) is 4.79 Å². The minimum atomic E-state index is -0.248. The molecular weight excluding hydrogens is 468 g/mol. The summed E-state index contributed by atoms with van der Waals surface area (Å²) in [5, 5.41) is 8.17. The lowest BCUT2D eigenvalue weighted by molar-refractivity contribution is 0.0677. The first-order valence-corrected chi connectivity index (χ1v) is 10.0. The van der Waals surface area contributed by atoms with Gasteiger partial charge < -0.3 is 4.42 Å². The van der Waals surface area contributed by atoms with Crippen LogP contribution in [0.15, 0.2) is 72.6 Å². The first-order valence-electron chi connectivity index (χ1n) is 7.57. The van der Waals surface area contributed by atoms with Crippen LogP contribution in [-0.4, -0.2) is 16.6 Å². The average Bonchev–Trinajstić information content (AvgIpc) is 3.34. The minimum absolute atomic E-state index is 0.161. The van der Waals surface area contributed by atoms with Crippen molar-refractivity contribution in [1.29, 1.82) is 0 Å². The van der Waals surface area contributed by atoms with Gasteiger partial charge in [0.1, 0.15) is 0 Å². The van der Waals surface area contributed by atoms with E-state index in [4.69, 9.17) is 4.42 Å². The summed E-state index contributed by atoms with van der Waals surface area (Å²) in [6.45, 7) is 0. The SMILES string of the molecule is O=C(c1ccc(Br)o1)N1N=C(c2cccs2)CC1c1cccc(Br)c1. The highest BCUT2D eigenvalue weighted by Crippen LogP contribution is 2.36. The van der Waals surface area contributed by atoms with Crippen molar-refractivity contribution in [3.8, 4) is 0 Å². The zero-order chi connectivity index (χ0) is 17.4. The van der Waals surface area contributed by atoms with Gasteiger partial charge in [0, 0.05) is 10.9 Å². The predicted molar refractivity (Wildman–Crippen MR) is 105 cm³/mol. The summed E-state index contributed by atoms with van der Waals surface area (Å²) in [5.74, 6) is 0.0188. The van der Waals surface area contributed by atoms with Gasteiger partial charge in [-0.2, -0.15) is 5.10 Å². The van der Waals surface area contributed by atoms with E-state index in [1.807, 2.05) is 41.8 Å². The molecule has 4 nitrogen and oxygen atoms in total. The molecule has 0 fully saturated rings. The molecule has 1 aromatic carbocycles. The second kappa shape index (κ2) is 6.90. The smallest absolute Gasteiger partial charge is 0.310 e. The second-order valence-electron chi connectivity index (χ2n) is 5.55. The summed E-state index contributed by atoms with van der Waals surface area (Å²) in [6.07, 6.45) is 0.671. The number of thiophene rings is 1. The third-order valence-electron chi connectivity index (χ3n) is 3.94. The van der Waals surface area contributed by atoms with Gasteiger partial charge in [-0.05, 0) is 57.2 Å². The van der Waals surface area contributed by atoms with Crippen molar-refractivity contribution in [2.75, 3.05) is 0 Å². The van der Waals surface area contributed by atoms with Crippen LogP contribution in [0, 0.1) is 0 Å². The Morgan fingerprint density at radius 3 is 2.76 bits per heavy atom. The molecular formula is C18H12Br2N2O2S. The fourth-order valence-corrected chi connectivity index (χ4v) is 4.25. The Morgan fingerprint density at radius 1 is 1.20 bits per heavy atom. The number of benzene rings is 1. The van der Waals surface area contributed by atoms with Crippen molar-refractivity contribution in [3.05, 3.63) is 79.3 Å². The van der Waals surface area contributed by atoms with E-state index in [1.54, 1.807) is 23.5 Å². The Morgan fingerprint density at radius 2 is 2.08 bits per heavy atom. The zero-order valence-electron chi connectivity index (χ0n) is 12.9. The second-order valence-corrected chi connectivity index (χ2v) is 8.20. The first kappa shape index (κ1) is 16.8. The van der Waals surface area contributed by atoms with Crippen LogP contribution in [0.5, 0.6) is 0 Å². The van der Waals surface area contributed by atoms with E-state index in [0.29, 0.717) is 11.1 Å². The molecule has 126 valence electrons. The van der Waals surface area contributed by atoms with Gasteiger partial charge in [0.2, 0.25) is 0 Å². The van der Waals surface area contributed by atoms with E-state index in [1.165, 1.54) is 5.01 Å². The van der Waals surface area contributed by atoms with Crippen LogP contribution in [0.25, 0.3) is 0 Å². The Labute approximate surface area is 165 Å². The van der Waals surface area contributed by atoms with Crippen LogP contribution in [-0.2, 0) is 0 Å². The first-order chi connectivity index (χ1) is 12.1. The Balaban J connectivity index is 1.73. The summed E-state index contributed by atoms with van der Waals surface area (Å²) in [4.78, 5) is 14.0. The molecule has 3 aromatic rings. The summed E-state index contributed by atoms with van der Waals surface area (Å²) >= 11 is 8.37. The van der Waals surface area contributed by atoms with Gasteiger partial charge in [0.15, 0.2) is 10.4 Å². The molecule has 1 unspecified atom stereocenters. The minimum Gasteiger partial charge on any atom is -0.444 e. The maximum atomic E-state index is 12.9. The molecule has 25 heavy (non-hydrogen) atoms. The fraction of sp³-hybridized carbons (Fsp3) is 0.111. The molecule has 1 atom stereocenters. The summed E-state index contributed by atoms with van der Waals surface area (Å²) in [5.41, 5.74) is 1.95. The van der Waals surface area contributed by atoms with Crippen molar-refractivity contribution >= 4 is 54.8 Å². The molecule has 0 spiro atoms. The molecule has 1 aliphatic rings. The summed E-state index contributed by atoms with van der Waals surface area (Å²) in [7, 11) is 0. The van der Waals surface area contributed by atoms with Gasteiger partial charge >= 0.3 is 5.91 Å². The number of carbonyl (C=O) groups excluding carboxylic acids is 1. The molecule has 0 saturated carbocycles. The van der Waals surface area contributed by atoms with Crippen LogP contribution in [0.3, 0.4) is 0 Å². The third-order valence-corrected chi connectivity index (χ3v) is 5.78. The van der Waals surface area contributed by atoms with Gasteiger partial charge in [-0.25, -0.2) is 5.01 Å². The number of hydrogen-bond acceptors (Lipinski definition) is 4. The molecule has 4 rings (SSSR count). The number of hydrogen-bond donors (Lipinski definition) is 0. The van der Waals surface area contributed by atoms with E-state index >= 15 is 0 Å². The largest absolute Gasteiger partial charge is 0.444 e. The molecule has 0 bridgehead atoms. The number of halogens is 2. The number of furan rings is 1. The Kier molecular flexibility index (Phi) is 4.62. The van der Waals surface area contributed by atoms with Crippen molar-refractivity contribution in [3.63, 3.8) is 0 Å². The summed E-state index contributed by atoms with van der Waals surface area (Å²) < 4.78 is 6.94. The highest BCUT2D eigenvalue weighted by Gasteiger charge is 2.35. The van der Waals surface area contributed by atoms with Crippen LogP contribution >= 0.6 is 43.2 Å². The average molecular weight is 480 g/mol. The molecule has 7 heteroatoms. The maximum absolute atomic E-state index is 12.9. The van der Waals surface area contributed by atoms with E-state index < -0.39 is 0 Å². The van der Waals surface area contributed by atoms with Crippen molar-refractivity contribution in [1.82, 2.24) is 5.01 Å². The highest BCUT2D eigenvalue weighted by molar-refractivity contribution is 9.10. The van der Waals surface area contributed by atoms with Gasteiger partial charge in [0.05, 0.1) is 16.6 Å². The van der Waals surface area contributed by atoms with Crippen LogP contribution in [0.4, 0.5) is 0 Å². The Hall–Kier alpha value is -1.70. The Bertz CT molecular complexity index is 950. The van der Waals surface area contributed by atoms with E-state index in [9.17, 15) is 4.79 Å². The number of amides is 1. The van der Waals surface area contributed by atoms with Gasteiger partial charge in [-0.15, -0.1) is 11.3 Å². The number of carbonyl (C=O) groups is 1. The molecule has 0 radical (unpaired) electrons. The standard InChI is InChI=1S/C18H12Br2N2O2S/c19-12-4-1-3-11(9-12)14-10-13(16-5-2-8-25-16)21-22(14)18(23)15-6-7-17(20)24-15/h1-9,14H,10H2. The van der Waals surface area contributed by atoms with E-state index in [0.717, 1.165) is 20.6 Å². The number of nitrogens with zero attached hydrogens (tertiary/aromatic N) is 2. The third kappa shape index (κ3) is 3.36. The molecule has 1 aliphatic heterocycles. The quantitative estimate of drug-likeness (QED) is 0.472. The topological polar surface area (TPSA) is 45.8 Å². The maximum Gasteiger partial charge on any atom is 0.310 e. The van der Waals surface area contributed by atoms with E-state index in [2.05, 4.69) is 37.0 Å². The lowest BCUT2D eigenvalue weighted by Gasteiger charge is -2.21.